The van der Waals surface area contributed by atoms with Crippen LogP contribution < -0.4 is 11.1 Å². The first kappa shape index (κ1) is 19.5. The second-order valence-electron chi connectivity index (χ2n) is 7.73. The molecule has 0 aliphatic heterocycles. The molecule has 0 saturated carbocycles. The van der Waals surface area contributed by atoms with Crippen LogP contribution >= 0.6 is 0 Å². The number of aromatic nitrogens is 2. The monoisotopic (exact) mass is 370 g/mol. The fourth-order valence-corrected chi connectivity index (χ4v) is 3.35. The predicted octanol–water partition coefficient (Wildman–Crippen LogP) is 3.46. The number of nitrogens with zero attached hydrogens (tertiary/aromatic N) is 2. The van der Waals surface area contributed by atoms with E-state index in [1.807, 2.05) is 24.3 Å². The third-order valence-corrected chi connectivity index (χ3v) is 5.00. The van der Waals surface area contributed by atoms with Crippen molar-refractivity contribution in [3.05, 3.63) is 54.1 Å². The van der Waals surface area contributed by atoms with E-state index < -0.39 is 17.3 Å². The maximum Gasteiger partial charge on any atom is 0.147 e. The Hall–Kier alpha value is -2.31. The van der Waals surface area contributed by atoms with Gasteiger partial charge < -0.3 is 16.2 Å². The van der Waals surface area contributed by atoms with Gasteiger partial charge in [-0.2, -0.15) is 0 Å². The summed E-state index contributed by atoms with van der Waals surface area (Å²) in [6, 6.07) is 7.54. The minimum absolute atomic E-state index is 0.0161. The molecular formula is C21H27FN4O. The number of para-hydroxylation sites is 1. The Morgan fingerprint density at radius 3 is 2.74 bits per heavy atom. The fourth-order valence-electron chi connectivity index (χ4n) is 3.35. The third-order valence-electron chi connectivity index (χ3n) is 5.00. The topological polar surface area (TPSA) is 84.1 Å². The zero-order valence-corrected chi connectivity index (χ0v) is 16.0. The lowest BCUT2D eigenvalue weighted by atomic mass is 9.79. The summed E-state index contributed by atoms with van der Waals surface area (Å²) in [7, 11) is 0. The molecule has 0 radical (unpaired) electrons. The number of nitrogens with one attached hydrogen (secondary N) is 1. The van der Waals surface area contributed by atoms with Crippen molar-refractivity contribution in [2.45, 2.75) is 44.8 Å². The van der Waals surface area contributed by atoms with Crippen LogP contribution in [0.1, 0.15) is 33.0 Å². The van der Waals surface area contributed by atoms with Crippen molar-refractivity contribution >= 4 is 16.7 Å². The molecule has 0 amide bonds. The zero-order valence-electron chi connectivity index (χ0n) is 16.0. The molecule has 0 spiro atoms. The van der Waals surface area contributed by atoms with Crippen molar-refractivity contribution in [2.75, 3.05) is 11.9 Å². The van der Waals surface area contributed by atoms with Crippen LogP contribution in [-0.2, 0) is 5.41 Å². The molecule has 27 heavy (non-hydrogen) atoms. The maximum atomic E-state index is 14.7. The molecule has 3 rings (SSSR count). The molecule has 1 aromatic carbocycles. The molecule has 1 heterocycles. The predicted molar refractivity (Wildman–Crippen MR) is 107 cm³/mol. The highest BCUT2D eigenvalue weighted by Crippen LogP contribution is 2.38. The highest BCUT2D eigenvalue weighted by atomic mass is 19.1. The minimum Gasteiger partial charge on any atom is -0.388 e. The minimum atomic E-state index is -1.32. The lowest BCUT2D eigenvalue weighted by Crippen LogP contribution is -2.39. The highest BCUT2D eigenvalue weighted by Gasteiger charge is 2.43. The first-order valence-electron chi connectivity index (χ1n) is 9.31. The van der Waals surface area contributed by atoms with Crippen LogP contribution in [0.3, 0.4) is 0 Å². The Kier molecular flexibility index (Phi) is 5.58. The van der Waals surface area contributed by atoms with E-state index in [2.05, 4.69) is 29.1 Å². The molecule has 3 atom stereocenters. The van der Waals surface area contributed by atoms with Crippen LogP contribution in [0, 0.1) is 5.92 Å². The Labute approximate surface area is 159 Å². The quantitative estimate of drug-likeness (QED) is 0.725. The van der Waals surface area contributed by atoms with E-state index in [0.29, 0.717) is 23.8 Å². The van der Waals surface area contributed by atoms with Gasteiger partial charge in [-0.15, -0.1) is 0 Å². The number of allylic oxidation sites excluding steroid dienone is 2. The molecule has 1 aliphatic carbocycles. The van der Waals surface area contributed by atoms with Crippen molar-refractivity contribution in [2.24, 2.45) is 11.7 Å². The second kappa shape index (κ2) is 7.74. The number of halogens is 1. The molecule has 2 unspecified atom stereocenters. The van der Waals surface area contributed by atoms with Gasteiger partial charge in [0.15, 0.2) is 0 Å². The average Bonchev–Trinajstić information content (AvgIpc) is 2.63. The van der Waals surface area contributed by atoms with E-state index in [0.717, 1.165) is 11.8 Å². The molecule has 5 nitrogen and oxygen atoms in total. The van der Waals surface area contributed by atoms with Gasteiger partial charge in [-0.1, -0.05) is 38.1 Å². The van der Waals surface area contributed by atoms with Gasteiger partial charge in [-0.3, -0.25) is 0 Å². The lowest BCUT2D eigenvalue weighted by Gasteiger charge is -2.32. The number of aliphatic hydroxyl groups excluding tert-OH is 1. The van der Waals surface area contributed by atoms with E-state index >= 15 is 0 Å². The smallest absolute Gasteiger partial charge is 0.147 e. The second-order valence-corrected chi connectivity index (χ2v) is 7.73. The molecule has 144 valence electrons. The highest BCUT2D eigenvalue weighted by molar-refractivity contribution is 5.89. The molecule has 0 bridgehead atoms. The summed E-state index contributed by atoms with van der Waals surface area (Å²) in [5.41, 5.74) is 5.56. The number of hydrogen-bond acceptors (Lipinski definition) is 5. The summed E-state index contributed by atoms with van der Waals surface area (Å²) in [5.74, 6) is 0.884. The van der Waals surface area contributed by atoms with Crippen LogP contribution in [-0.4, -0.2) is 33.8 Å². The number of rotatable bonds is 6. The molecule has 1 aliphatic rings. The van der Waals surface area contributed by atoms with Crippen molar-refractivity contribution in [1.82, 2.24) is 9.97 Å². The number of aliphatic hydroxyl groups is 1. The number of hydrogen-bond donors (Lipinski definition) is 3. The van der Waals surface area contributed by atoms with E-state index in [9.17, 15) is 9.50 Å². The summed E-state index contributed by atoms with van der Waals surface area (Å²) in [5, 5.41) is 14.6. The van der Waals surface area contributed by atoms with Gasteiger partial charge in [0.25, 0.3) is 0 Å². The van der Waals surface area contributed by atoms with Gasteiger partial charge in [-0.25, -0.2) is 14.4 Å². The summed E-state index contributed by atoms with van der Waals surface area (Å²) in [6.45, 7) is 6.43. The summed E-state index contributed by atoms with van der Waals surface area (Å²) >= 11 is 0. The van der Waals surface area contributed by atoms with Gasteiger partial charge >= 0.3 is 0 Å². The van der Waals surface area contributed by atoms with Crippen molar-refractivity contribution in [3.63, 3.8) is 0 Å². The summed E-state index contributed by atoms with van der Waals surface area (Å²) in [6.07, 6.45) is 4.25. The normalized spacial score (nSPS) is 23.5. The van der Waals surface area contributed by atoms with Crippen LogP contribution in [0.5, 0.6) is 0 Å². The average molecular weight is 370 g/mol. The van der Waals surface area contributed by atoms with E-state index in [1.54, 1.807) is 13.0 Å². The molecule has 6 heteroatoms. The third kappa shape index (κ3) is 3.87. The van der Waals surface area contributed by atoms with Crippen molar-refractivity contribution in [3.8, 4) is 0 Å². The number of nitrogens with two attached hydrogens (primary N) is 1. The molecule has 1 aromatic heterocycles. The van der Waals surface area contributed by atoms with Gasteiger partial charge in [0, 0.05) is 18.0 Å². The summed E-state index contributed by atoms with van der Waals surface area (Å²) in [4.78, 5) is 9.15. The van der Waals surface area contributed by atoms with Gasteiger partial charge in [0.1, 0.15) is 22.9 Å². The first-order valence-corrected chi connectivity index (χ1v) is 9.31. The van der Waals surface area contributed by atoms with Crippen LogP contribution in [0.2, 0.25) is 0 Å². The van der Waals surface area contributed by atoms with E-state index in [4.69, 9.17) is 5.73 Å². The Bertz CT molecular complexity index is 880. The van der Waals surface area contributed by atoms with Crippen LogP contribution in [0.4, 0.5) is 10.2 Å². The number of benzene rings is 1. The number of anilines is 1. The molecule has 0 fully saturated rings. The first-order chi connectivity index (χ1) is 12.8. The molecular weight excluding hydrogens is 343 g/mol. The fraction of sp³-hybridized carbons (Fsp3) is 0.429. The van der Waals surface area contributed by atoms with Crippen molar-refractivity contribution < 1.29 is 9.50 Å². The van der Waals surface area contributed by atoms with E-state index in [-0.39, 0.29) is 11.9 Å². The van der Waals surface area contributed by atoms with Crippen molar-refractivity contribution in [1.29, 1.82) is 0 Å². The van der Waals surface area contributed by atoms with Crippen LogP contribution in [0.25, 0.3) is 10.9 Å². The molecule has 2 aromatic rings. The standard InChI is InChI=1S/C21H27FN4O/c1-13(2)11-14(23)12-24-19-15-7-4-5-8-16(15)25-20(26-19)21(3)17(22)9-6-10-18(21)27/h4-10,13-14,18,27H,11-12,23H2,1-3H3,(H,24,25,26)/t14-,18?,21?/m1/s1. The van der Waals surface area contributed by atoms with Crippen LogP contribution in [0.15, 0.2) is 48.3 Å². The maximum absolute atomic E-state index is 14.7. The lowest BCUT2D eigenvalue weighted by molar-refractivity contribution is 0.131. The Balaban J connectivity index is 2.01. The zero-order chi connectivity index (χ0) is 19.6. The van der Waals surface area contributed by atoms with Gasteiger partial charge in [0.05, 0.1) is 11.6 Å². The van der Waals surface area contributed by atoms with Gasteiger partial charge in [0.2, 0.25) is 0 Å². The van der Waals surface area contributed by atoms with Gasteiger partial charge in [-0.05, 0) is 37.5 Å². The van der Waals surface area contributed by atoms with E-state index in [1.165, 1.54) is 12.2 Å². The Morgan fingerprint density at radius 2 is 2.04 bits per heavy atom. The largest absolute Gasteiger partial charge is 0.388 e. The number of fused-ring (bicyclic) bond motifs is 1. The Morgan fingerprint density at radius 1 is 1.30 bits per heavy atom. The molecule has 0 saturated heterocycles. The summed E-state index contributed by atoms with van der Waals surface area (Å²) < 4.78 is 14.7. The SMILES string of the molecule is CC(C)C[C@@H](N)CNc1nc(C2(C)C(F)=CC=CC2O)nc2ccccc12. The molecule has 4 N–H and O–H groups in total.